The standard InChI is InChI=1S/C19H20ClNO9/c1-6-21-10-3-7(2-9(20)16(10)29-6)12(22)8-4-19(8,18(27)28)5-11-13(23)14(24)15(25)17(26)30-11/h2-3,8,11,13-15,17,23-26H,4-5H2,1H3,(H,27,28)/t8-,11?,13+,14+,15-,17+,19+/m1/s1. The molecule has 10 nitrogen and oxygen atoms in total. The van der Waals surface area contributed by atoms with E-state index in [9.17, 15) is 35.1 Å². The molecule has 5 N–H and O–H groups in total. The summed E-state index contributed by atoms with van der Waals surface area (Å²) in [6.07, 6.45) is -8.49. The third-order valence-corrected chi connectivity index (χ3v) is 6.19. The predicted octanol–water partition coefficient (Wildman–Crippen LogP) is 0.253. The molecule has 2 heterocycles. The number of carboxylic acids is 1. The van der Waals surface area contributed by atoms with E-state index in [-0.39, 0.29) is 23.4 Å². The Bertz CT molecular complexity index is 1020. The van der Waals surface area contributed by atoms with Gasteiger partial charge in [0.25, 0.3) is 0 Å². The van der Waals surface area contributed by atoms with E-state index in [2.05, 4.69) is 4.98 Å². The zero-order valence-electron chi connectivity index (χ0n) is 15.7. The first-order valence-electron chi connectivity index (χ1n) is 9.27. The maximum absolute atomic E-state index is 13.0. The number of fused-ring (bicyclic) bond motifs is 1. The van der Waals surface area contributed by atoms with Crippen molar-refractivity contribution in [2.24, 2.45) is 11.3 Å². The normalized spacial score (nSPS) is 36.1. The number of oxazole rings is 1. The summed E-state index contributed by atoms with van der Waals surface area (Å²) in [6, 6.07) is 2.86. The Balaban J connectivity index is 1.58. The SMILES string of the molecule is Cc1nc2cc(C(=O)[C@H]3C[C@@]3(CC3O[C@H](O)[C@H](O)[C@@H](O)[C@H]3O)C(=O)O)cc(Cl)c2o1. The summed E-state index contributed by atoms with van der Waals surface area (Å²) in [5.41, 5.74) is -0.678. The summed E-state index contributed by atoms with van der Waals surface area (Å²) < 4.78 is 10.5. The van der Waals surface area contributed by atoms with Crippen LogP contribution in [-0.2, 0) is 9.53 Å². The predicted molar refractivity (Wildman–Crippen MR) is 99.8 cm³/mol. The Kier molecular flexibility index (Phi) is 5.12. The smallest absolute Gasteiger partial charge is 0.310 e. The summed E-state index contributed by atoms with van der Waals surface area (Å²) in [7, 11) is 0. The number of rotatable bonds is 5. The Morgan fingerprint density at radius 1 is 1.20 bits per heavy atom. The van der Waals surface area contributed by atoms with Crippen molar-refractivity contribution in [3.05, 3.63) is 28.6 Å². The fraction of sp³-hybridized carbons (Fsp3) is 0.526. The molecule has 162 valence electrons. The van der Waals surface area contributed by atoms with E-state index in [1.54, 1.807) is 6.92 Å². The number of halogens is 1. The van der Waals surface area contributed by atoms with Crippen molar-refractivity contribution in [2.45, 2.75) is 50.5 Å². The number of Topliss-reactive ketones (excluding diaryl/α,β-unsaturated/α-hetero) is 1. The number of ether oxygens (including phenoxy) is 1. The van der Waals surface area contributed by atoms with E-state index in [1.165, 1.54) is 12.1 Å². The maximum Gasteiger partial charge on any atom is 0.310 e. The Hall–Kier alpha value is -2.08. The molecule has 1 aromatic heterocycles. The molecule has 1 aromatic carbocycles. The largest absolute Gasteiger partial charge is 0.481 e. The lowest BCUT2D eigenvalue weighted by Crippen LogP contribution is -2.58. The molecule has 0 radical (unpaired) electrons. The van der Waals surface area contributed by atoms with E-state index in [4.69, 9.17) is 20.8 Å². The molecule has 1 saturated carbocycles. The average molecular weight is 442 g/mol. The van der Waals surface area contributed by atoms with Crippen molar-refractivity contribution in [2.75, 3.05) is 0 Å². The zero-order chi connectivity index (χ0) is 22.0. The van der Waals surface area contributed by atoms with Gasteiger partial charge in [-0.25, -0.2) is 4.98 Å². The van der Waals surface area contributed by atoms with Gasteiger partial charge in [-0.05, 0) is 25.0 Å². The first-order chi connectivity index (χ1) is 14.0. The monoisotopic (exact) mass is 441 g/mol. The van der Waals surface area contributed by atoms with Crippen molar-refractivity contribution in [3.63, 3.8) is 0 Å². The molecule has 30 heavy (non-hydrogen) atoms. The highest BCUT2D eigenvalue weighted by atomic mass is 35.5. The van der Waals surface area contributed by atoms with E-state index in [0.717, 1.165) is 0 Å². The highest BCUT2D eigenvalue weighted by Crippen LogP contribution is 2.58. The molecule has 0 amide bonds. The van der Waals surface area contributed by atoms with Crippen LogP contribution in [0.4, 0.5) is 0 Å². The highest BCUT2D eigenvalue weighted by molar-refractivity contribution is 6.35. The maximum atomic E-state index is 13.0. The van der Waals surface area contributed by atoms with Gasteiger partial charge in [-0.15, -0.1) is 0 Å². The first-order valence-corrected chi connectivity index (χ1v) is 9.65. The second-order valence-electron chi connectivity index (χ2n) is 7.86. The number of carboxylic acid groups (broad SMARTS) is 1. The van der Waals surface area contributed by atoms with Crippen LogP contribution >= 0.6 is 11.6 Å². The molecule has 0 spiro atoms. The van der Waals surface area contributed by atoms with Crippen LogP contribution in [0.3, 0.4) is 0 Å². The summed E-state index contributed by atoms with van der Waals surface area (Å²) in [6.45, 7) is 1.63. The summed E-state index contributed by atoms with van der Waals surface area (Å²) >= 11 is 6.16. The number of aliphatic carboxylic acids is 1. The lowest BCUT2D eigenvalue weighted by atomic mass is 9.87. The molecule has 1 aliphatic heterocycles. The molecule has 0 bridgehead atoms. The lowest BCUT2D eigenvalue weighted by molar-refractivity contribution is -0.284. The number of aryl methyl sites for hydroxylation is 1. The third-order valence-electron chi connectivity index (χ3n) is 5.91. The number of aliphatic hydroxyl groups excluding tert-OH is 4. The minimum absolute atomic E-state index is 0.0179. The van der Waals surface area contributed by atoms with Crippen molar-refractivity contribution in [3.8, 4) is 0 Å². The highest BCUT2D eigenvalue weighted by Gasteiger charge is 2.65. The molecular formula is C19H20ClNO9. The van der Waals surface area contributed by atoms with Gasteiger partial charge in [-0.1, -0.05) is 11.6 Å². The second-order valence-corrected chi connectivity index (χ2v) is 8.27. The number of carbonyl (C=O) groups excluding carboxylic acids is 1. The lowest BCUT2D eigenvalue weighted by Gasteiger charge is -2.39. The number of aliphatic hydroxyl groups is 4. The topological polar surface area (TPSA) is 171 Å². The number of ketones is 1. The molecule has 1 saturated heterocycles. The summed E-state index contributed by atoms with van der Waals surface area (Å²) in [5.74, 6) is -2.29. The van der Waals surface area contributed by atoms with Gasteiger partial charge < -0.3 is 34.7 Å². The van der Waals surface area contributed by atoms with Gasteiger partial charge in [0.15, 0.2) is 23.5 Å². The number of benzene rings is 1. The number of nitrogens with zero attached hydrogens (tertiary/aromatic N) is 1. The first kappa shape index (κ1) is 21.2. The van der Waals surface area contributed by atoms with Gasteiger partial charge in [0.05, 0.1) is 16.5 Å². The van der Waals surface area contributed by atoms with E-state index < -0.39 is 53.8 Å². The van der Waals surface area contributed by atoms with Crippen LogP contribution in [0.5, 0.6) is 0 Å². The molecule has 2 aromatic rings. The zero-order valence-corrected chi connectivity index (χ0v) is 16.5. The van der Waals surface area contributed by atoms with Gasteiger partial charge >= 0.3 is 5.97 Å². The van der Waals surface area contributed by atoms with Crippen LogP contribution in [-0.4, -0.2) is 73.0 Å². The average Bonchev–Trinajstić information content (AvgIpc) is 3.29. The third kappa shape index (κ3) is 3.29. The Morgan fingerprint density at radius 3 is 2.57 bits per heavy atom. The van der Waals surface area contributed by atoms with Crippen molar-refractivity contribution < 1.29 is 44.3 Å². The molecule has 4 rings (SSSR count). The summed E-state index contributed by atoms with van der Waals surface area (Å²) in [4.78, 5) is 29.2. The van der Waals surface area contributed by atoms with Gasteiger partial charge in [0.1, 0.15) is 23.8 Å². The van der Waals surface area contributed by atoms with Crippen LogP contribution in [0.1, 0.15) is 29.1 Å². The number of hydrogen-bond acceptors (Lipinski definition) is 9. The molecule has 2 aliphatic rings. The van der Waals surface area contributed by atoms with E-state index >= 15 is 0 Å². The van der Waals surface area contributed by atoms with Gasteiger partial charge in [0, 0.05) is 18.4 Å². The molecule has 11 heteroatoms. The molecule has 1 aliphatic carbocycles. The Labute approximate surface area is 174 Å². The van der Waals surface area contributed by atoms with Crippen LogP contribution in [0.2, 0.25) is 5.02 Å². The number of aromatic nitrogens is 1. The molecule has 1 unspecified atom stereocenters. The number of carbonyl (C=O) groups is 2. The van der Waals surface area contributed by atoms with E-state index in [0.29, 0.717) is 17.0 Å². The fourth-order valence-electron chi connectivity index (χ4n) is 4.10. The fourth-order valence-corrected chi connectivity index (χ4v) is 4.36. The van der Waals surface area contributed by atoms with E-state index in [1.807, 2.05) is 0 Å². The van der Waals surface area contributed by atoms with Gasteiger partial charge in [-0.3, -0.25) is 9.59 Å². The van der Waals surface area contributed by atoms with Crippen LogP contribution in [0.15, 0.2) is 16.5 Å². The number of hydrogen-bond donors (Lipinski definition) is 5. The molecule has 2 fully saturated rings. The van der Waals surface area contributed by atoms with Gasteiger partial charge in [0.2, 0.25) is 0 Å². The minimum Gasteiger partial charge on any atom is -0.481 e. The quantitative estimate of drug-likeness (QED) is 0.405. The Morgan fingerprint density at radius 2 is 1.90 bits per heavy atom. The minimum atomic E-state index is -1.79. The second kappa shape index (κ2) is 7.26. The van der Waals surface area contributed by atoms with Crippen molar-refractivity contribution in [1.29, 1.82) is 0 Å². The summed E-state index contributed by atoms with van der Waals surface area (Å²) in [5, 5.41) is 49.2. The van der Waals surface area contributed by atoms with Crippen LogP contribution in [0, 0.1) is 18.3 Å². The van der Waals surface area contributed by atoms with Crippen LogP contribution < -0.4 is 0 Å². The molecule has 7 atom stereocenters. The van der Waals surface area contributed by atoms with Crippen LogP contribution in [0.25, 0.3) is 11.1 Å². The van der Waals surface area contributed by atoms with Gasteiger partial charge in [-0.2, -0.15) is 0 Å². The van der Waals surface area contributed by atoms with Crippen molar-refractivity contribution >= 4 is 34.5 Å². The molecular weight excluding hydrogens is 422 g/mol. The van der Waals surface area contributed by atoms with Crippen molar-refractivity contribution in [1.82, 2.24) is 4.98 Å².